The summed E-state index contributed by atoms with van der Waals surface area (Å²) in [6.45, 7) is 2.42. The Hall–Kier alpha value is -1.39. The smallest absolute Gasteiger partial charge is 0.220 e. The van der Waals surface area contributed by atoms with Crippen LogP contribution in [0, 0.1) is 0 Å². The van der Waals surface area contributed by atoms with Gasteiger partial charge in [0.15, 0.2) is 0 Å². The summed E-state index contributed by atoms with van der Waals surface area (Å²) in [5.41, 5.74) is 6.22. The summed E-state index contributed by atoms with van der Waals surface area (Å²) in [7, 11) is 0. The van der Waals surface area contributed by atoms with Crippen LogP contribution in [-0.2, 0) is 4.79 Å². The molecule has 0 aliphatic carbocycles. The highest BCUT2D eigenvalue weighted by Crippen LogP contribution is 2.17. The average Bonchev–Trinajstić information content (AvgIpc) is 2.37. The van der Waals surface area contributed by atoms with Crippen LogP contribution in [0.15, 0.2) is 30.3 Å². The lowest BCUT2D eigenvalue weighted by Crippen LogP contribution is -2.33. The molecule has 0 aliphatic rings. The number of aliphatic hydroxyl groups excluding tert-OH is 1. The second kappa shape index (κ2) is 7.84. The molecule has 2 atom stereocenters. The van der Waals surface area contributed by atoms with Crippen LogP contribution in [0.2, 0.25) is 0 Å². The van der Waals surface area contributed by atoms with Crippen molar-refractivity contribution in [2.24, 2.45) is 5.73 Å². The van der Waals surface area contributed by atoms with E-state index in [0.717, 1.165) is 5.56 Å². The number of aliphatic hydroxyl groups is 1. The van der Waals surface area contributed by atoms with E-state index >= 15 is 0 Å². The first-order valence-electron chi connectivity index (χ1n) is 6.36. The van der Waals surface area contributed by atoms with E-state index in [9.17, 15) is 9.90 Å². The highest BCUT2D eigenvalue weighted by molar-refractivity contribution is 5.76. The van der Waals surface area contributed by atoms with Gasteiger partial charge in [-0.05, 0) is 31.9 Å². The fourth-order valence-electron chi connectivity index (χ4n) is 1.81. The van der Waals surface area contributed by atoms with E-state index in [-0.39, 0.29) is 11.9 Å². The largest absolute Gasteiger partial charge is 0.388 e. The molecule has 100 valence electrons. The Morgan fingerprint density at radius 3 is 2.67 bits per heavy atom. The molecule has 0 bridgehead atoms. The molecule has 0 aromatic heterocycles. The molecule has 1 rings (SSSR count). The molecule has 4 nitrogen and oxygen atoms in total. The molecule has 2 unspecified atom stereocenters. The van der Waals surface area contributed by atoms with Crippen molar-refractivity contribution in [2.75, 3.05) is 6.54 Å². The van der Waals surface area contributed by atoms with Crippen LogP contribution in [-0.4, -0.2) is 23.6 Å². The number of amides is 1. The van der Waals surface area contributed by atoms with Gasteiger partial charge in [-0.1, -0.05) is 30.3 Å². The van der Waals surface area contributed by atoms with Crippen LogP contribution in [0.25, 0.3) is 0 Å². The Bertz CT molecular complexity index is 354. The molecule has 18 heavy (non-hydrogen) atoms. The number of carbonyl (C=O) groups excluding carboxylic acids is 1. The van der Waals surface area contributed by atoms with E-state index in [4.69, 9.17) is 5.73 Å². The summed E-state index contributed by atoms with van der Waals surface area (Å²) < 4.78 is 0. The lowest BCUT2D eigenvalue weighted by atomic mass is 10.0. The van der Waals surface area contributed by atoms with Gasteiger partial charge < -0.3 is 16.2 Å². The Balaban J connectivity index is 2.36. The van der Waals surface area contributed by atoms with Crippen molar-refractivity contribution in [2.45, 2.75) is 38.3 Å². The minimum Gasteiger partial charge on any atom is -0.388 e. The molecule has 0 saturated heterocycles. The standard InChI is InChI=1S/C14H22N2O2/c1-11(16-14(18)8-5-9-15)10-13(17)12-6-3-2-4-7-12/h2-4,6-7,11,13,17H,5,8-10,15H2,1H3,(H,16,18). The lowest BCUT2D eigenvalue weighted by Gasteiger charge is -2.18. The molecule has 0 fully saturated rings. The maximum absolute atomic E-state index is 11.5. The van der Waals surface area contributed by atoms with Gasteiger partial charge in [-0.2, -0.15) is 0 Å². The van der Waals surface area contributed by atoms with Crippen molar-refractivity contribution in [1.82, 2.24) is 5.32 Å². The zero-order valence-electron chi connectivity index (χ0n) is 10.8. The van der Waals surface area contributed by atoms with Gasteiger partial charge in [0, 0.05) is 12.5 Å². The van der Waals surface area contributed by atoms with Gasteiger partial charge in [0.05, 0.1) is 6.10 Å². The molecule has 4 heteroatoms. The summed E-state index contributed by atoms with van der Waals surface area (Å²) in [6, 6.07) is 9.41. The van der Waals surface area contributed by atoms with Crippen LogP contribution in [0.4, 0.5) is 0 Å². The molecule has 1 amide bonds. The summed E-state index contributed by atoms with van der Waals surface area (Å²) in [5.74, 6) is -0.00629. The predicted octanol–water partition coefficient (Wildman–Crippen LogP) is 1.35. The minimum absolute atomic E-state index is 0.00629. The van der Waals surface area contributed by atoms with Crippen LogP contribution < -0.4 is 11.1 Å². The van der Waals surface area contributed by atoms with Gasteiger partial charge in [-0.15, -0.1) is 0 Å². The van der Waals surface area contributed by atoms with E-state index in [2.05, 4.69) is 5.32 Å². The fraction of sp³-hybridized carbons (Fsp3) is 0.500. The minimum atomic E-state index is -0.545. The van der Waals surface area contributed by atoms with Crippen LogP contribution >= 0.6 is 0 Å². The first-order valence-corrected chi connectivity index (χ1v) is 6.36. The molecule has 1 aromatic rings. The SMILES string of the molecule is CC(CC(O)c1ccccc1)NC(=O)CCCN. The molecular weight excluding hydrogens is 228 g/mol. The van der Waals surface area contributed by atoms with Gasteiger partial charge in [0.2, 0.25) is 5.91 Å². The van der Waals surface area contributed by atoms with E-state index in [0.29, 0.717) is 25.8 Å². The summed E-state index contributed by atoms with van der Waals surface area (Å²) >= 11 is 0. The topological polar surface area (TPSA) is 75.3 Å². The molecular formula is C14H22N2O2. The van der Waals surface area contributed by atoms with Gasteiger partial charge in [-0.25, -0.2) is 0 Å². The number of hydrogen-bond donors (Lipinski definition) is 3. The van der Waals surface area contributed by atoms with Gasteiger partial charge >= 0.3 is 0 Å². The van der Waals surface area contributed by atoms with Crippen molar-refractivity contribution >= 4 is 5.91 Å². The maximum atomic E-state index is 11.5. The van der Waals surface area contributed by atoms with E-state index < -0.39 is 6.10 Å². The van der Waals surface area contributed by atoms with Crippen LogP contribution in [0.3, 0.4) is 0 Å². The molecule has 4 N–H and O–H groups in total. The Kier molecular flexibility index (Phi) is 6.39. The molecule has 0 radical (unpaired) electrons. The van der Waals surface area contributed by atoms with Crippen molar-refractivity contribution < 1.29 is 9.90 Å². The first kappa shape index (κ1) is 14.7. The summed E-state index contributed by atoms with van der Waals surface area (Å²) in [6.07, 6.45) is 1.11. The number of nitrogens with two attached hydrogens (primary N) is 1. The fourth-order valence-corrected chi connectivity index (χ4v) is 1.81. The number of carbonyl (C=O) groups is 1. The van der Waals surface area contributed by atoms with Crippen LogP contribution in [0.1, 0.15) is 37.9 Å². The van der Waals surface area contributed by atoms with Crippen molar-refractivity contribution in [3.63, 3.8) is 0 Å². The highest BCUT2D eigenvalue weighted by atomic mass is 16.3. The van der Waals surface area contributed by atoms with Crippen molar-refractivity contribution in [1.29, 1.82) is 0 Å². The summed E-state index contributed by atoms with van der Waals surface area (Å²) in [4.78, 5) is 11.5. The monoisotopic (exact) mass is 250 g/mol. The quantitative estimate of drug-likeness (QED) is 0.684. The normalized spacial score (nSPS) is 13.9. The van der Waals surface area contributed by atoms with Crippen LogP contribution in [0.5, 0.6) is 0 Å². The number of nitrogens with one attached hydrogen (secondary N) is 1. The first-order chi connectivity index (χ1) is 8.63. The lowest BCUT2D eigenvalue weighted by molar-refractivity contribution is -0.121. The van der Waals surface area contributed by atoms with Gasteiger partial charge in [-0.3, -0.25) is 4.79 Å². The molecule has 1 aromatic carbocycles. The molecule has 0 heterocycles. The van der Waals surface area contributed by atoms with E-state index in [1.54, 1.807) is 0 Å². The number of benzene rings is 1. The van der Waals surface area contributed by atoms with Gasteiger partial charge in [0.25, 0.3) is 0 Å². The highest BCUT2D eigenvalue weighted by Gasteiger charge is 2.13. The zero-order chi connectivity index (χ0) is 13.4. The number of rotatable bonds is 7. The maximum Gasteiger partial charge on any atom is 0.220 e. The molecule has 0 saturated carbocycles. The second-order valence-electron chi connectivity index (χ2n) is 4.52. The Labute approximate surface area is 108 Å². The average molecular weight is 250 g/mol. The zero-order valence-corrected chi connectivity index (χ0v) is 10.8. The van der Waals surface area contributed by atoms with Crippen molar-refractivity contribution in [3.8, 4) is 0 Å². The number of hydrogen-bond acceptors (Lipinski definition) is 3. The third kappa shape index (κ3) is 5.29. The predicted molar refractivity (Wildman–Crippen MR) is 71.9 cm³/mol. The van der Waals surface area contributed by atoms with E-state index in [1.165, 1.54) is 0 Å². The Morgan fingerprint density at radius 1 is 1.39 bits per heavy atom. The van der Waals surface area contributed by atoms with Crippen molar-refractivity contribution in [3.05, 3.63) is 35.9 Å². The van der Waals surface area contributed by atoms with E-state index in [1.807, 2.05) is 37.3 Å². The summed E-state index contributed by atoms with van der Waals surface area (Å²) in [5, 5.41) is 12.9. The Morgan fingerprint density at radius 2 is 2.06 bits per heavy atom. The van der Waals surface area contributed by atoms with Gasteiger partial charge in [0.1, 0.15) is 0 Å². The third-order valence-electron chi connectivity index (χ3n) is 2.78. The second-order valence-corrected chi connectivity index (χ2v) is 4.52. The molecule has 0 spiro atoms. The molecule has 0 aliphatic heterocycles. The third-order valence-corrected chi connectivity index (χ3v) is 2.78.